The lowest BCUT2D eigenvalue weighted by molar-refractivity contribution is 0.164. The fourth-order valence-electron chi connectivity index (χ4n) is 3.07. The van der Waals surface area contributed by atoms with Gasteiger partial charge >= 0.3 is 0 Å². The summed E-state index contributed by atoms with van der Waals surface area (Å²) in [5.41, 5.74) is 1.69. The normalized spacial score (nSPS) is 16.8. The monoisotopic (exact) mass is 316 g/mol. The van der Waals surface area contributed by atoms with Crippen LogP contribution in [0.15, 0.2) is 23.5 Å². The molecule has 0 atom stereocenters. The molecule has 7 heteroatoms. The molecule has 1 aliphatic rings. The van der Waals surface area contributed by atoms with Crippen molar-refractivity contribution in [2.75, 3.05) is 19.6 Å². The number of hydrogen-bond donors (Lipinski definition) is 0. The van der Waals surface area contributed by atoms with E-state index >= 15 is 0 Å². The molecule has 124 valence electrons. The average molecular weight is 316 g/mol. The largest absolute Gasteiger partial charge is 0.301 e. The minimum atomic E-state index is 0.102. The highest BCUT2D eigenvalue weighted by Gasteiger charge is 2.20. The number of aromatic nitrogens is 5. The zero-order valence-corrected chi connectivity index (χ0v) is 13.9. The van der Waals surface area contributed by atoms with E-state index in [-0.39, 0.29) is 5.56 Å². The summed E-state index contributed by atoms with van der Waals surface area (Å²) >= 11 is 0. The fraction of sp³-hybridized carbons (Fsp3) is 0.625. The molecule has 7 nitrogen and oxygen atoms in total. The van der Waals surface area contributed by atoms with Crippen LogP contribution in [0.2, 0.25) is 0 Å². The molecule has 0 radical (unpaired) electrons. The molecular weight excluding hydrogens is 292 g/mol. The molecule has 2 aromatic rings. The number of nitrogens with zero attached hydrogens (tertiary/aromatic N) is 6. The van der Waals surface area contributed by atoms with Crippen molar-refractivity contribution in [3.63, 3.8) is 0 Å². The van der Waals surface area contributed by atoms with Crippen molar-refractivity contribution in [1.82, 2.24) is 29.4 Å². The van der Waals surface area contributed by atoms with Gasteiger partial charge in [0.2, 0.25) is 0 Å². The highest BCUT2D eigenvalue weighted by Crippen LogP contribution is 2.18. The van der Waals surface area contributed by atoms with Crippen molar-refractivity contribution in [2.24, 2.45) is 5.92 Å². The number of hydrogen-bond acceptors (Lipinski definition) is 5. The zero-order chi connectivity index (χ0) is 16.2. The molecule has 0 spiro atoms. The third-order valence-electron chi connectivity index (χ3n) is 4.76. The highest BCUT2D eigenvalue weighted by atomic mass is 16.1. The van der Waals surface area contributed by atoms with Crippen LogP contribution in [0.5, 0.6) is 0 Å². The first-order valence-corrected chi connectivity index (χ1v) is 8.22. The van der Waals surface area contributed by atoms with Crippen molar-refractivity contribution in [3.8, 4) is 0 Å². The van der Waals surface area contributed by atoms with Crippen LogP contribution in [-0.4, -0.2) is 49.1 Å². The van der Waals surface area contributed by atoms with Crippen LogP contribution in [0.4, 0.5) is 0 Å². The molecule has 3 rings (SSSR count). The van der Waals surface area contributed by atoms with E-state index in [1.807, 2.05) is 13.8 Å². The van der Waals surface area contributed by atoms with Crippen molar-refractivity contribution in [1.29, 1.82) is 0 Å². The molecule has 0 unspecified atom stereocenters. The van der Waals surface area contributed by atoms with E-state index in [1.165, 1.54) is 0 Å². The van der Waals surface area contributed by atoms with E-state index in [0.29, 0.717) is 5.92 Å². The predicted octanol–water partition coefficient (Wildman–Crippen LogP) is 0.864. The van der Waals surface area contributed by atoms with Crippen molar-refractivity contribution in [2.45, 2.75) is 39.8 Å². The van der Waals surface area contributed by atoms with Crippen LogP contribution in [0.25, 0.3) is 0 Å². The summed E-state index contributed by atoms with van der Waals surface area (Å²) in [6, 6.07) is 0. The summed E-state index contributed by atoms with van der Waals surface area (Å²) in [6.07, 6.45) is 7.35. The van der Waals surface area contributed by atoms with E-state index < -0.39 is 0 Å². The molecule has 0 amide bonds. The van der Waals surface area contributed by atoms with E-state index in [9.17, 15) is 4.79 Å². The molecule has 23 heavy (non-hydrogen) atoms. The standard InChI is InChI=1S/C16H24N6O/c1-13-14(2)17-12-21(16(13)23)11-15-3-7-20(8-4-15)9-10-22-18-5-6-19-22/h5-6,12,15H,3-4,7-11H2,1-2H3. The minimum Gasteiger partial charge on any atom is -0.301 e. The van der Waals surface area contributed by atoms with Crippen LogP contribution in [0.1, 0.15) is 24.1 Å². The molecule has 1 fully saturated rings. The Labute approximate surface area is 135 Å². The molecule has 0 bridgehead atoms. The first-order chi connectivity index (χ1) is 11.1. The van der Waals surface area contributed by atoms with Gasteiger partial charge < -0.3 is 4.90 Å². The Morgan fingerprint density at radius 3 is 2.52 bits per heavy atom. The van der Waals surface area contributed by atoms with Gasteiger partial charge in [-0.15, -0.1) is 0 Å². The molecule has 0 aliphatic carbocycles. The maximum Gasteiger partial charge on any atom is 0.256 e. The fourth-order valence-corrected chi connectivity index (χ4v) is 3.07. The Morgan fingerprint density at radius 2 is 1.83 bits per heavy atom. The van der Waals surface area contributed by atoms with Crippen LogP contribution >= 0.6 is 0 Å². The van der Waals surface area contributed by atoms with Gasteiger partial charge in [-0.25, -0.2) is 4.98 Å². The zero-order valence-electron chi connectivity index (χ0n) is 13.9. The number of aryl methyl sites for hydroxylation is 1. The van der Waals surface area contributed by atoms with Crippen molar-refractivity contribution < 1.29 is 0 Å². The SMILES string of the molecule is Cc1ncn(CC2CCN(CCn3nccn3)CC2)c(=O)c1C. The second kappa shape index (κ2) is 7.04. The molecular formula is C16H24N6O. The Balaban J connectivity index is 1.49. The number of likely N-dealkylation sites (tertiary alicyclic amines) is 1. The van der Waals surface area contributed by atoms with Gasteiger partial charge in [-0.05, 0) is 45.7 Å². The minimum absolute atomic E-state index is 0.102. The van der Waals surface area contributed by atoms with E-state index in [1.54, 1.807) is 28.1 Å². The highest BCUT2D eigenvalue weighted by molar-refractivity contribution is 5.12. The molecule has 0 saturated carbocycles. The Bertz CT molecular complexity index is 685. The van der Waals surface area contributed by atoms with Gasteiger partial charge in [-0.1, -0.05) is 0 Å². The quantitative estimate of drug-likeness (QED) is 0.818. The third-order valence-corrected chi connectivity index (χ3v) is 4.76. The molecule has 1 aliphatic heterocycles. The molecule has 0 N–H and O–H groups in total. The average Bonchev–Trinajstić information content (AvgIpc) is 3.08. The number of rotatable bonds is 5. The second-order valence-electron chi connectivity index (χ2n) is 6.32. The topological polar surface area (TPSA) is 68.8 Å². The van der Waals surface area contributed by atoms with Crippen molar-refractivity contribution in [3.05, 3.63) is 40.3 Å². The Hall–Kier alpha value is -2.02. The first-order valence-electron chi connectivity index (χ1n) is 8.22. The van der Waals surface area contributed by atoms with Crippen LogP contribution in [0.3, 0.4) is 0 Å². The summed E-state index contributed by atoms with van der Waals surface area (Å²) in [6.45, 7) is 8.46. The predicted molar refractivity (Wildman–Crippen MR) is 87.2 cm³/mol. The smallest absolute Gasteiger partial charge is 0.256 e. The summed E-state index contributed by atoms with van der Waals surface area (Å²) in [4.78, 5) is 20.7. The van der Waals surface area contributed by atoms with Crippen LogP contribution in [0, 0.1) is 19.8 Å². The van der Waals surface area contributed by atoms with Crippen LogP contribution in [-0.2, 0) is 13.1 Å². The first kappa shape index (κ1) is 15.9. The van der Waals surface area contributed by atoms with Crippen LogP contribution < -0.4 is 5.56 Å². The van der Waals surface area contributed by atoms with E-state index in [2.05, 4.69) is 20.1 Å². The van der Waals surface area contributed by atoms with Gasteiger partial charge in [0, 0.05) is 24.3 Å². The molecule has 2 aromatic heterocycles. The Kier molecular flexibility index (Phi) is 4.85. The van der Waals surface area contributed by atoms with Gasteiger partial charge in [0.05, 0.1) is 25.3 Å². The third kappa shape index (κ3) is 3.85. The van der Waals surface area contributed by atoms with Gasteiger partial charge in [0.1, 0.15) is 0 Å². The maximum atomic E-state index is 12.3. The molecule has 1 saturated heterocycles. The van der Waals surface area contributed by atoms with E-state index in [4.69, 9.17) is 0 Å². The van der Waals surface area contributed by atoms with Crippen molar-refractivity contribution >= 4 is 0 Å². The summed E-state index contributed by atoms with van der Waals surface area (Å²) in [5.74, 6) is 0.552. The van der Waals surface area contributed by atoms with E-state index in [0.717, 1.165) is 56.8 Å². The number of piperidine rings is 1. The second-order valence-corrected chi connectivity index (χ2v) is 6.32. The summed E-state index contributed by atoms with van der Waals surface area (Å²) in [7, 11) is 0. The lowest BCUT2D eigenvalue weighted by Gasteiger charge is -2.32. The van der Waals surface area contributed by atoms with Gasteiger partial charge in [-0.2, -0.15) is 15.0 Å². The maximum absolute atomic E-state index is 12.3. The lowest BCUT2D eigenvalue weighted by Crippen LogP contribution is -2.38. The molecule has 3 heterocycles. The lowest BCUT2D eigenvalue weighted by atomic mass is 9.96. The summed E-state index contributed by atoms with van der Waals surface area (Å²) < 4.78 is 1.77. The van der Waals surface area contributed by atoms with Gasteiger partial charge in [0.25, 0.3) is 5.56 Å². The Morgan fingerprint density at radius 1 is 1.13 bits per heavy atom. The van der Waals surface area contributed by atoms with Gasteiger partial charge in [-0.3, -0.25) is 9.36 Å². The summed E-state index contributed by atoms with van der Waals surface area (Å²) in [5, 5.41) is 8.26. The molecule has 0 aromatic carbocycles. The van der Waals surface area contributed by atoms with Gasteiger partial charge in [0.15, 0.2) is 0 Å².